The fraction of sp³-hybridized carbons (Fsp3) is 0.294. The topological polar surface area (TPSA) is 119 Å². The van der Waals surface area contributed by atoms with Crippen molar-refractivity contribution in [3.05, 3.63) is 75.8 Å². The van der Waals surface area contributed by atoms with Crippen LogP contribution in [0.15, 0.2) is 59.5 Å². The normalized spacial score (nSPS) is 15.0. The molecule has 0 saturated carbocycles. The average molecular weight is 380 g/mol. The number of sulfonamides is 1. The number of aliphatic hydroxyl groups is 1. The molecule has 0 radical (unpaired) electrons. The Bertz CT molecular complexity index is 837. The van der Waals surface area contributed by atoms with Crippen LogP contribution < -0.4 is 4.72 Å². The van der Waals surface area contributed by atoms with Gasteiger partial charge in [0.05, 0.1) is 17.0 Å². The van der Waals surface area contributed by atoms with E-state index in [0.29, 0.717) is 5.56 Å². The van der Waals surface area contributed by atoms with E-state index in [2.05, 4.69) is 4.72 Å². The molecule has 9 heteroatoms. The quantitative estimate of drug-likeness (QED) is 0.534. The molecule has 3 atom stereocenters. The molecule has 2 N–H and O–H groups in total. The van der Waals surface area contributed by atoms with Crippen LogP contribution in [0.3, 0.4) is 0 Å². The molecule has 0 aliphatic heterocycles. The fourth-order valence-electron chi connectivity index (χ4n) is 2.45. The van der Waals surface area contributed by atoms with Gasteiger partial charge in [-0.15, -0.1) is 10.1 Å². The number of aliphatic hydroxyl groups excluding tert-OH is 1. The molecule has 0 aliphatic rings. The zero-order valence-electron chi connectivity index (χ0n) is 14.3. The maximum atomic E-state index is 12.6. The largest absolute Gasteiger partial charge is 0.392 e. The van der Waals surface area contributed by atoms with Gasteiger partial charge in [-0.3, -0.25) is 0 Å². The van der Waals surface area contributed by atoms with Crippen LogP contribution in [0.4, 0.5) is 0 Å². The third-order valence-corrected chi connectivity index (χ3v) is 5.27. The van der Waals surface area contributed by atoms with Crippen LogP contribution >= 0.6 is 0 Å². The number of aryl methyl sites for hydroxylation is 1. The maximum Gasteiger partial charge on any atom is 0.295 e. The number of nitrogens with zero attached hydrogens (tertiary/aromatic N) is 1. The summed E-state index contributed by atoms with van der Waals surface area (Å²) in [6, 6.07) is 12.9. The molecule has 0 bridgehead atoms. The van der Waals surface area contributed by atoms with Crippen molar-refractivity contribution in [2.24, 2.45) is 0 Å². The fourth-order valence-corrected chi connectivity index (χ4v) is 3.76. The molecule has 2 rings (SSSR count). The van der Waals surface area contributed by atoms with Gasteiger partial charge in [0.15, 0.2) is 6.10 Å². The molecule has 0 saturated heterocycles. The van der Waals surface area contributed by atoms with E-state index in [4.69, 9.17) is 4.84 Å². The summed E-state index contributed by atoms with van der Waals surface area (Å²) in [7, 11) is -4.02. The van der Waals surface area contributed by atoms with Gasteiger partial charge in [0.1, 0.15) is 0 Å². The first-order valence-electron chi connectivity index (χ1n) is 7.84. The summed E-state index contributed by atoms with van der Waals surface area (Å²) in [5, 5.41) is 20.0. The Balaban J connectivity index is 2.38. The Morgan fingerprint density at radius 2 is 1.69 bits per heavy atom. The van der Waals surface area contributed by atoms with Crippen molar-refractivity contribution in [3.63, 3.8) is 0 Å². The highest BCUT2D eigenvalue weighted by Gasteiger charge is 2.34. The third kappa shape index (κ3) is 5.01. The van der Waals surface area contributed by atoms with Gasteiger partial charge in [0.2, 0.25) is 10.0 Å². The van der Waals surface area contributed by atoms with Gasteiger partial charge in [-0.25, -0.2) is 13.1 Å². The van der Waals surface area contributed by atoms with Crippen molar-refractivity contribution in [1.29, 1.82) is 0 Å². The third-order valence-electron chi connectivity index (χ3n) is 3.80. The molecule has 140 valence electrons. The zero-order valence-corrected chi connectivity index (χ0v) is 15.1. The van der Waals surface area contributed by atoms with Gasteiger partial charge in [-0.2, -0.15) is 0 Å². The summed E-state index contributed by atoms with van der Waals surface area (Å²) < 4.78 is 27.6. The summed E-state index contributed by atoms with van der Waals surface area (Å²) in [5.74, 6) is 0. The van der Waals surface area contributed by atoms with Crippen molar-refractivity contribution in [2.45, 2.75) is 37.0 Å². The molecular formula is C17H20N2O6S. The molecule has 0 fully saturated rings. The summed E-state index contributed by atoms with van der Waals surface area (Å²) in [5.41, 5.74) is 1.25. The monoisotopic (exact) mass is 380 g/mol. The van der Waals surface area contributed by atoms with Crippen LogP contribution in [0.1, 0.15) is 24.2 Å². The van der Waals surface area contributed by atoms with Gasteiger partial charge in [-0.05, 0) is 31.5 Å². The molecular weight excluding hydrogens is 360 g/mol. The van der Waals surface area contributed by atoms with Crippen molar-refractivity contribution in [3.8, 4) is 0 Å². The van der Waals surface area contributed by atoms with Crippen molar-refractivity contribution >= 4 is 10.0 Å². The van der Waals surface area contributed by atoms with Gasteiger partial charge in [0, 0.05) is 0 Å². The second-order valence-corrected chi connectivity index (χ2v) is 7.58. The van der Waals surface area contributed by atoms with E-state index in [9.17, 15) is 23.6 Å². The van der Waals surface area contributed by atoms with Gasteiger partial charge >= 0.3 is 0 Å². The van der Waals surface area contributed by atoms with Crippen LogP contribution in [0.5, 0.6) is 0 Å². The lowest BCUT2D eigenvalue weighted by atomic mass is 9.99. The molecule has 2 aromatic carbocycles. The van der Waals surface area contributed by atoms with E-state index in [1.807, 2.05) is 6.92 Å². The number of benzene rings is 2. The van der Waals surface area contributed by atoms with E-state index in [0.717, 1.165) is 5.56 Å². The standard InChI is InChI=1S/C17H20N2O6S/c1-12-8-10-15(11-9-12)26(23,24)18-16(13(2)20)17(25-19(21)22)14-6-4-3-5-7-14/h3-11,13,16-18,20H,1-2H3. The Morgan fingerprint density at radius 1 is 1.12 bits per heavy atom. The smallest absolute Gasteiger partial charge is 0.295 e. The predicted octanol–water partition coefficient (Wildman–Crippen LogP) is 1.97. The lowest BCUT2D eigenvalue weighted by Gasteiger charge is -2.28. The molecule has 0 spiro atoms. The van der Waals surface area contributed by atoms with Crippen molar-refractivity contribution in [1.82, 2.24) is 4.72 Å². The summed E-state index contributed by atoms with van der Waals surface area (Å²) in [6.45, 7) is 3.15. The number of rotatable bonds is 8. The first-order chi connectivity index (χ1) is 12.2. The number of hydrogen-bond donors (Lipinski definition) is 2. The van der Waals surface area contributed by atoms with Crippen LogP contribution in [-0.4, -0.2) is 30.8 Å². The predicted molar refractivity (Wildman–Crippen MR) is 94.2 cm³/mol. The average Bonchev–Trinajstić information content (AvgIpc) is 2.58. The van der Waals surface area contributed by atoms with E-state index >= 15 is 0 Å². The molecule has 8 nitrogen and oxygen atoms in total. The van der Waals surface area contributed by atoms with Crippen LogP contribution in [0.2, 0.25) is 0 Å². The molecule has 2 aromatic rings. The van der Waals surface area contributed by atoms with Crippen LogP contribution in [-0.2, 0) is 14.9 Å². The van der Waals surface area contributed by atoms with E-state index in [1.165, 1.54) is 19.1 Å². The summed E-state index contributed by atoms with van der Waals surface area (Å²) >= 11 is 0. The minimum Gasteiger partial charge on any atom is -0.392 e. The Labute approximate surface area is 151 Å². The van der Waals surface area contributed by atoms with Crippen LogP contribution in [0, 0.1) is 17.0 Å². The maximum absolute atomic E-state index is 12.6. The highest BCUT2D eigenvalue weighted by atomic mass is 32.2. The Hall–Kier alpha value is -2.49. The highest BCUT2D eigenvalue weighted by molar-refractivity contribution is 7.89. The summed E-state index contributed by atoms with van der Waals surface area (Å²) in [4.78, 5) is 15.6. The second-order valence-electron chi connectivity index (χ2n) is 5.86. The van der Waals surface area contributed by atoms with Crippen molar-refractivity contribution < 1.29 is 23.4 Å². The highest BCUT2D eigenvalue weighted by Crippen LogP contribution is 2.25. The van der Waals surface area contributed by atoms with E-state index < -0.39 is 33.4 Å². The van der Waals surface area contributed by atoms with Gasteiger partial charge in [-0.1, -0.05) is 48.0 Å². The lowest BCUT2D eigenvalue weighted by molar-refractivity contribution is -0.772. The van der Waals surface area contributed by atoms with Gasteiger partial charge in [0.25, 0.3) is 5.09 Å². The minimum atomic E-state index is -4.02. The Kier molecular flexibility index (Phi) is 6.30. The zero-order chi connectivity index (χ0) is 19.3. The lowest BCUT2D eigenvalue weighted by Crippen LogP contribution is -2.47. The van der Waals surface area contributed by atoms with Gasteiger partial charge < -0.3 is 9.94 Å². The van der Waals surface area contributed by atoms with E-state index in [1.54, 1.807) is 42.5 Å². The van der Waals surface area contributed by atoms with Crippen molar-refractivity contribution in [2.75, 3.05) is 0 Å². The SMILES string of the molecule is Cc1ccc(S(=O)(=O)NC(C(C)O)C(O[N+](=O)[O-])c2ccccc2)cc1. The van der Waals surface area contributed by atoms with Crippen LogP contribution in [0.25, 0.3) is 0 Å². The molecule has 0 amide bonds. The first kappa shape index (κ1) is 19.8. The molecule has 0 aliphatic carbocycles. The summed E-state index contributed by atoms with van der Waals surface area (Å²) in [6.07, 6.45) is -2.56. The Morgan fingerprint density at radius 3 is 2.19 bits per heavy atom. The molecule has 0 heterocycles. The minimum absolute atomic E-state index is 0.0123. The van der Waals surface area contributed by atoms with E-state index in [-0.39, 0.29) is 4.90 Å². The molecule has 3 unspecified atom stereocenters. The molecule has 26 heavy (non-hydrogen) atoms. The number of hydrogen-bond acceptors (Lipinski definition) is 6. The second kappa shape index (κ2) is 8.26. The molecule has 0 aromatic heterocycles. The number of nitrogens with one attached hydrogen (secondary N) is 1. The first-order valence-corrected chi connectivity index (χ1v) is 9.32.